The zero-order chi connectivity index (χ0) is 48.7. The number of fused-ring (bicyclic) bond motifs is 2. The summed E-state index contributed by atoms with van der Waals surface area (Å²) < 4.78 is 24.7. The Morgan fingerprint density at radius 3 is 2.43 bits per heavy atom. The second-order valence-corrected chi connectivity index (χ2v) is 23.2. The fraction of sp³-hybridized carbons (Fsp3) is 0.462. The first-order valence-corrected chi connectivity index (χ1v) is 27.9. The van der Waals surface area contributed by atoms with Crippen molar-refractivity contribution >= 4 is 91.0 Å². The highest BCUT2D eigenvalue weighted by Crippen LogP contribution is 2.54. The minimum absolute atomic E-state index is 0.220. The van der Waals surface area contributed by atoms with Crippen LogP contribution in [0.3, 0.4) is 0 Å². The number of imide groups is 1. The molecule has 368 valence electrons. The minimum Gasteiger partial charge on any atom is -0.492 e. The molecule has 0 aliphatic carbocycles. The maximum Gasteiger partial charge on any atom is 0.329 e. The smallest absolute Gasteiger partial charge is 0.329 e. The van der Waals surface area contributed by atoms with Crippen LogP contribution < -0.4 is 36.6 Å². The molecule has 16 nitrogen and oxygen atoms in total. The van der Waals surface area contributed by atoms with E-state index < -0.39 is 19.1 Å². The van der Waals surface area contributed by atoms with Crippen molar-refractivity contribution in [3.8, 4) is 5.75 Å². The summed E-state index contributed by atoms with van der Waals surface area (Å²) in [6.07, 6.45) is 9.37. The summed E-state index contributed by atoms with van der Waals surface area (Å²) in [7, 11) is -0.875. The van der Waals surface area contributed by atoms with Crippen LogP contribution in [0.4, 0.5) is 28.8 Å². The number of hydrogen-bond donors (Lipinski definition) is 3. The summed E-state index contributed by atoms with van der Waals surface area (Å²) in [6, 6.07) is 18.2. The molecular weight excluding hydrogens is 970 g/mol. The van der Waals surface area contributed by atoms with Gasteiger partial charge in [0.1, 0.15) is 24.8 Å². The zero-order valence-electron chi connectivity index (χ0n) is 40.6. The third-order valence-electron chi connectivity index (χ3n) is 14.9. The molecule has 3 aromatic heterocycles. The number of carbonyl (C=O) groups is 2. The molecule has 0 bridgehead atoms. The molecule has 70 heavy (non-hydrogen) atoms. The molecule has 0 spiro atoms. The first kappa shape index (κ1) is 48.0. The number of nitrogens with zero attached hydrogens (tertiary/aromatic N) is 8. The van der Waals surface area contributed by atoms with E-state index in [-0.39, 0.29) is 18.0 Å². The predicted octanol–water partition coefficient (Wildman–Crippen LogP) is 7.79. The molecule has 10 rings (SSSR count). The standard InChI is InChI=1S/C52H63BrN11O5P/c1-5-35-12-13-37-39(55-35)14-15-40(48(37)70(68)28-7-8-29-70)56-49-38(53)32-54-51(59-49)57-41-30-33(3)44(31-45(41)69-6-2)63-22-19-36(20-23-63)62-26-24-61(25-27-62)21-18-34-10-9-11-42-47(34)60(4)52(67)64(42)43-16-17-46(65)58-50(43)66/h9-15,30-32,36,43H,5-8,16-29H2,1-4H3,(H,58,65,66)(H2,54,56,57,59). The lowest BCUT2D eigenvalue weighted by Crippen LogP contribution is -2.53. The van der Waals surface area contributed by atoms with Gasteiger partial charge in [-0.15, -0.1) is 0 Å². The van der Waals surface area contributed by atoms with Gasteiger partial charge >= 0.3 is 5.69 Å². The number of para-hydroxylation sites is 1. The summed E-state index contributed by atoms with van der Waals surface area (Å²) in [5.41, 5.74) is 8.21. The highest BCUT2D eigenvalue weighted by molar-refractivity contribution is 9.10. The summed E-state index contributed by atoms with van der Waals surface area (Å²) >= 11 is 3.68. The minimum atomic E-state index is -2.65. The van der Waals surface area contributed by atoms with E-state index in [4.69, 9.17) is 14.7 Å². The molecule has 18 heteroatoms. The Morgan fingerprint density at radius 2 is 1.69 bits per heavy atom. The third kappa shape index (κ3) is 9.49. The topological polar surface area (TPSA) is 172 Å². The predicted molar refractivity (Wildman–Crippen MR) is 282 cm³/mol. The number of hydrogen-bond acceptors (Lipinski definition) is 13. The first-order valence-electron chi connectivity index (χ1n) is 25.0. The molecule has 2 amide bonds. The van der Waals surface area contributed by atoms with Gasteiger partial charge in [-0.25, -0.2) is 9.78 Å². The van der Waals surface area contributed by atoms with E-state index in [0.717, 1.165) is 146 Å². The van der Waals surface area contributed by atoms with Crippen LogP contribution in [-0.2, 0) is 34.0 Å². The van der Waals surface area contributed by atoms with Gasteiger partial charge in [-0.05, 0) is 116 Å². The van der Waals surface area contributed by atoms with Crippen molar-refractivity contribution < 1.29 is 18.9 Å². The molecule has 6 aromatic rings. The number of benzene rings is 3. The third-order valence-corrected chi connectivity index (χ3v) is 18.9. The Bertz CT molecular complexity index is 3080. The van der Waals surface area contributed by atoms with Crippen LogP contribution in [0.5, 0.6) is 5.75 Å². The summed E-state index contributed by atoms with van der Waals surface area (Å²) in [5.74, 6) is 1.01. The van der Waals surface area contributed by atoms with Crippen molar-refractivity contribution in [2.24, 2.45) is 7.05 Å². The van der Waals surface area contributed by atoms with Gasteiger partial charge in [-0.1, -0.05) is 25.1 Å². The van der Waals surface area contributed by atoms with Crippen LogP contribution >= 0.6 is 23.1 Å². The van der Waals surface area contributed by atoms with E-state index >= 15 is 0 Å². The SMILES string of the molecule is CCOc1cc(N2CCC(N3CCN(CCc4cccc5c4n(C)c(=O)n5C4CCC(=O)NC4=O)CC3)CC2)c(C)cc1Nc1ncc(Br)c(Nc2ccc3nc(CC)ccc3c2P2(=O)CCCC2)n1. The number of aromatic nitrogens is 5. The van der Waals surface area contributed by atoms with Crippen molar-refractivity contribution in [3.63, 3.8) is 0 Å². The van der Waals surface area contributed by atoms with Crippen LogP contribution in [0.15, 0.2) is 70.1 Å². The van der Waals surface area contributed by atoms with Crippen LogP contribution in [0.2, 0.25) is 0 Å². The maximum atomic E-state index is 14.5. The average molecular weight is 1030 g/mol. The first-order chi connectivity index (χ1) is 33.9. The van der Waals surface area contributed by atoms with Gasteiger partial charge in [0, 0.05) is 112 Å². The monoisotopic (exact) mass is 1030 g/mol. The highest BCUT2D eigenvalue weighted by Gasteiger charge is 2.35. The lowest BCUT2D eigenvalue weighted by Gasteiger charge is -2.43. The van der Waals surface area contributed by atoms with E-state index in [9.17, 15) is 18.9 Å². The number of aryl methyl sites for hydroxylation is 3. The normalized spacial score (nSPS) is 19.3. The van der Waals surface area contributed by atoms with E-state index in [1.54, 1.807) is 22.4 Å². The second-order valence-electron chi connectivity index (χ2n) is 19.2. The number of piperazine rings is 1. The quantitative estimate of drug-likeness (QED) is 0.0714. The van der Waals surface area contributed by atoms with Gasteiger partial charge in [-0.3, -0.25) is 33.9 Å². The number of carbonyl (C=O) groups excluding carboxylic acids is 2. The lowest BCUT2D eigenvalue weighted by molar-refractivity contribution is -0.135. The molecule has 4 aliphatic rings. The molecule has 4 saturated heterocycles. The molecule has 4 fully saturated rings. The van der Waals surface area contributed by atoms with Crippen LogP contribution in [0.25, 0.3) is 21.9 Å². The van der Waals surface area contributed by atoms with E-state index in [0.29, 0.717) is 47.6 Å². The van der Waals surface area contributed by atoms with Crippen molar-refractivity contribution in [1.29, 1.82) is 0 Å². The van der Waals surface area contributed by atoms with Gasteiger partial charge in [0.05, 0.1) is 39.0 Å². The van der Waals surface area contributed by atoms with Gasteiger partial charge in [0.25, 0.3) is 0 Å². The molecule has 3 aromatic carbocycles. The Morgan fingerprint density at radius 1 is 0.900 bits per heavy atom. The molecule has 0 radical (unpaired) electrons. The summed E-state index contributed by atoms with van der Waals surface area (Å²) in [5, 5.41) is 11.2. The largest absolute Gasteiger partial charge is 0.492 e. The Balaban J connectivity index is 0.769. The second kappa shape index (κ2) is 20.2. The molecule has 3 N–H and O–H groups in total. The van der Waals surface area contributed by atoms with Crippen LogP contribution in [0, 0.1) is 6.92 Å². The molecule has 0 saturated carbocycles. The number of rotatable bonds is 14. The zero-order valence-corrected chi connectivity index (χ0v) is 43.1. The number of anilines is 5. The van der Waals surface area contributed by atoms with Crippen molar-refractivity contribution in [1.82, 2.24) is 39.2 Å². The Labute approximate surface area is 417 Å². The van der Waals surface area contributed by atoms with Gasteiger partial charge in [0.2, 0.25) is 17.8 Å². The van der Waals surface area contributed by atoms with Gasteiger partial charge in [0.15, 0.2) is 0 Å². The van der Waals surface area contributed by atoms with E-state index in [1.165, 1.54) is 5.69 Å². The molecule has 1 atom stereocenters. The van der Waals surface area contributed by atoms with Gasteiger partial charge < -0.3 is 29.7 Å². The number of amides is 2. The number of pyridine rings is 1. The molecule has 1 unspecified atom stereocenters. The number of piperidine rings is 2. The summed E-state index contributed by atoms with van der Waals surface area (Å²) in [6.45, 7) is 13.6. The number of ether oxygens (including phenoxy) is 1. The van der Waals surface area contributed by atoms with Crippen molar-refractivity contribution in [3.05, 3.63) is 92.6 Å². The summed E-state index contributed by atoms with van der Waals surface area (Å²) in [4.78, 5) is 60.1. The maximum absolute atomic E-state index is 14.5. The number of halogens is 1. The van der Waals surface area contributed by atoms with E-state index in [2.05, 4.69) is 89.7 Å². The number of imidazole rings is 1. The van der Waals surface area contributed by atoms with Crippen LogP contribution in [0.1, 0.15) is 75.2 Å². The van der Waals surface area contributed by atoms with E-state index in [1.807, 2.05) is 37.3 Å². The molecule has 4 aliphatic heterocycles. The fourth-order valence-corrected chi connectivity index (χ4v) is 14.9. The van der Waals surface area contributed by atoms with Crippen LogP contribution in [-0.4, -0.2) is 116 Å². The Kier molecular flexibility index (Phi) is 13.9. The lowest BCUT2D eigenvalue weighted by atomic mass is 10.00. The van der Waals surface area contributed by atoms with Crippen molar-refractivity contribution in [2.45, 2.75) is 84.2 Å². The molecular formula is C52H63BrN11O5P. The van der Waals surface area contributed by atoms with Crippen molar-refractivity contribution in [2.75, 3.05) is 80.3 Å². The average Bonchev–Trinajstić information content (AvgIpc) is 3.92. The fourth-order valence-electron chi connectivity index (χ4n) is 11.2. The van der Waals surface area contributed by atoms with Gasteiger partial charge in [-0.2, -0.15) is 4.98 Å². The highest BCUT2D eigenvalue weighted by atomic mass is 79.9. The molecule has 7 heterocycles. The Hall–Kier alpha value is -5.61. The number of nitrogens with one attached hydrogen (secondary N) is 3.